The van der Waals surface area contributed by atoms with Crippen molar-refractivity contribution < 1.29 is 9.50 Å². The van der Waals surface area contributed by atoms with E-state index in [2.05, 4.69) is 4.90 Å². The van der Waals surface area contributed by atoms with Crippen molar-refractivity contribution >= 4 is 0 Å². The number of hydrogen-bond acceptors (Lipinski definition) is 3. The summed E-state index contributed by atoms with van der Waals surface area (Å²) in [5, 5.41) is 9.71. The average Bonchev–Trinajstić information content (AvgIpc) is 2.34. The van der Waals surface area contributed by atoms with Gasteiger partial charge in [-0.15, -0.1) is 0 Å². The first kappa shape index (κ1) is 13.3. The Balaban J connectivity index is 1.98. The molecule has 1 aliphatic carbocycles. The lowest BCUT2D eigenvalue weighted by Crippen LogP contribution is -2.38. The molecule has 1 saturated carbocycles. The molecule has 2 rings (SSSR count). The van der Waals surface area contributed by atoms with Gasteiger partial charge in [0.25, 0.3) is 0 Å². The quantitative estimate of drug-likeness (QED) is 0.867. The number of benzene rings is 1. The van der Waals surface area contributed by atoms with Crippen LogP contribution in [0.5, 0.6) is 5.75 Å². The average molecular weight is 252 g/mol. The molecule has 100 valence electrons. The van der Waals surface area contributed by atoms with E-state index in [0.717, 1.165) is 25.7 Å². The summed E-state index contributed by atoms with van der Waals surface area (Å²) in [7, 11) is 2.02. The monoisotopic (exact) mass is 252 g/mol. The van der Waals surface area contributed by atoms with Crippen LogP contribution in [0.4, 0.5) is 4.39 Å². The summed E-state index contributed by atoms with van der Waals surface area (Å²) in [6.45, 7) is 0.573. The summed E-state index contributed by atoms with van der Waals surface area (Å²) in [5.74, 6) is -0.141. The van der Waals surface area contributed by atoms with E-state index >= 15 is 0 Å². The fraction of sp³-hybridized carbons (Fsp3) is 0.571. The summed E-state index contributed by atoms with van der Waals surface area (Å²) in [5.41, 5.74) is 6.53. The molecule has 0 aliphatic heterocycles. The third-order valence-electron chi connectivity index (χ3n) is 3.83. The maximum atomic E-state index is 13.1. The molecule has 3 nitrogen and oxygen atoms in total. The van der Waals surface area contributed by atoms with Crippen molar-refractivity contribution in [3.05, 3.63) is 29.6 Å². The van der Waals surface area contributed by atoms with Crippen LogP contribution in [-0.2, 0) is 6.54 Å². The normalized spacial score (nSPS) is 24.4. The summed E-state index contributed by atoms with van der Waals surface area (Å²) >= 11 is 0. The van der Waals surface area contributed by atoms with Crippen LogP contribution in [0, 0.1) is 5.82 Å². The van der Waals surface area contributed by atoms with Gasteiger partial charge >= 0.3 is 0 Å². The van der Waals surface area contributed by atoms with E-state index in [9.17, 15) is 9.50 Å². The minimum absolute atomic E-state index is 0.163. The molecule has 0 aromatic heterocycles. The lowest BCUT2D eigenvalue weighted by atomic mass is 9.91. The predicted octanol–water partition coefficient (Wildman–Crippen LogP) is 2.23. The van der Waals surface area contributed by atoms with Crippen LogP contribution in [0.3, 0.4) is 0 Å². The van der Waals surface area contributed by atoms with Gasteiger partial charge in [0, 0.05) is 24.2 Å². The van der Waals surface area contributed by atoms with Crippen molar-refractivity contribution in [2.75, 3.05) is 7.05 Å². The fourth-order valence-corrected chi connectivity index (χ4v) is 2.62. The van der Waals surface area contributed by atoms with Gasteiger partial charge in [0.2, 0.25) is 0 Å². The Morgan fingerprint density at radius 3 is 2.67 bits per heavy atom. The third kappa shape index (κ3) is 3.21. The molecule has 0 unspecified atom stereocenters. The summed E-state index contributed by atoms with van der Waals surface area (Å²) in [6.07, 6.45) is 4.25. The van der Waals surface area contributed by atoms with E-state index in [4.69, 9.17) is 5.73 Å². The van der Waals surface area contributed by atoms with Crippen LogP contribution in [0.2, 0.25) is 0 Å². The van der Waals surface area contributed by atoms with E-state index in [1.807, 2.05) is 7.05 Å². The van der Waals surface area contributed by atoms with Gasteiger partial charge < -0.3 is 10.8 Å². The Kier molecular flexibility index (Phi) is 4.19. The second-order valence-corrected chi connectivity index (χ2v) is 5.26. The molecule has 1 aromatic rings. The zero-order valence-electron chi connectivity index (χ0n) is 10.8. The second-order valence-electron chi connectivity index (χ2n) is 5.26. The molecule has 1 fully saturated rings. The minimum Gasteiger partial charge on any atom is -0.508 e. The Morgan fingerprint density at radius 2 is 2.00 bits per heavy atom. The van der Waals surface area contributed by atoms with Crippen molar-refractivity contribution in [2.24, 2.45) is 5.73 Å². The minimum atomic E-state index is -0.304. The Hall–Kier alpha value is -1.13. The largest absolute Gasteiger partial charge is 0.508 e. The Morgan fingerprint density at radius 1 is 1.33 bits per heavy atom. The van der Waals surface area contributed by atoms with Crippen LogP contribution in [0.25, 0.3) is 0 Å². The summed E-state index contributed by atoms with van der Waals surface area (Å²) in [4.78, 5) is 2.18. The molecule has 3 N–H and O–H groups in total. The molecular weight excluding hydrogens is 231 g/mol. The number of hydrogen-bond donors (Lipinski definition) is 2. The number of halogens is 1. The molecule has 0 atom stereocenters. The van der Waals surface area contributed by atoms with E-state index < -0.39 is 0 Å². The molecule has 0 radical (unpaired) electrons. The van der Waals surface area contributed by atoms with E-state index in [1.54, 1.807) is 0 Å². The van der Waals surface area contributed by atoms with Crippen molar-refractivity contribution in [2.45, 2.75) is 44.3 Å². The summed E-state index contributed by atoms with van der Waals surface area (Å²) < 4.78 is 13.1. The Bertz CT molecular complexity index is 403. The molecule has 0 heterocycles. The fourth-order valence-electron chi connectivity index (χ4n) is 2.62. The second kappa shape index (κ2) is 5.67. The zero-order valence-corrected chi connectivity index (χ0v) is 10.8. The molecule has 1 aromatic carbocycles. The van der Waals surface area contributed by atoms with Crippen molar-refractivity contribution in [1.82, 2.24) is 4.90 Å². The SMILES string of the molecule is CN(Cc1cc(F)ccc1O)C1CCC(N)CC1. The smallest absolute Gasteiger partial charge is 0.123 e. The van der Waals surface area contributed by atoms with Crippen LogP contribution in [0.15, 0.2) is 18.2 Å². The molecule has 0 amide bonds. The van der Waals surface area contributed by atoms with Crippen molar-refractivity contribution in [3.63, 3.8) is 0 Å². The van der Waals surface area contributed by atoms with E-state index in [-0.39, 0.29) is 11.6 Å². The van der Waals surface area contributed by atoms with E-state index in [1.165, 1.54) is 18.2 Å². The molecule has 18 heavy (non-hydrogen) atoms. The van der Waals surface area contributed by atoms with Crippen LogP contribution < -0.4 is 5.73 Å². The lowest BCUT2D eigenvalue weighted by Gasteiger charge is -2.33. The maximum absolute atomic E-state index is 13.1. The van der Waals surface area contributed by atoms with Gasteiger partial charge in [-0.1, -0.05) is 0 Å². The number of phenols is 1. The highest BCUT2D eigenvalue weighted by molar-refractivity contribution is 5.32. The lowest BCUT2D eigenvalue weighted by molar-refractivity contribution is 0.174. The molecule has 1 aliphatic rings. The number of nitrogens with zero attached hydrogens (tertiary/aromatic N) is 1. The van der Waals surface area contributed by atoms with Gasteiger partial charge in [0.15, 0.2) is 0 Å². The zero-order chi connectivity index (χ0) is 13.1. The topological polar surface area (TPSA) is 49.5 Å². The molecule has 0 spiro atoms. The highest BCUT2D eigenvalue weighted by Crippen LogP contribution is 2.25. The van der Waals surface area contributed by atoms with Gasteiger partial charge in [0.1, 0.15) is 11.6 Å². The van der Waals surface area contributed by atoms with Crippen molar-refractivity contribution in [3.8, 4) is 5.75 Å². The van der Waals surface area contributed by atoms with Gasteiger partial charge in [0.05, 0.1) is 0 Å². The van der Waals surface area contributed by atoms with Gasteiger partial charge in [-0.25, -0.2) is 4.39 Å². The molecular formula is C14H21FN2O. The highest BCUT2D eigenvalue weighted by atomic mass is 19.1. The van der Waals surface area contributed by atoms with Crippen molar-refractivity contribution in [1.29, 1.82) is 0 Å². The molecule has 0 bridgehead atoms. The first-order chi connectivity index (χ1) is 8.56. The van der Waals surface area contributed by atoms with Crippen LogP contribution in [-0.4, -0.2) is 29.1 Å². The van der Waals surface area contributed by atoms with Crippen LogP contribution >= 0.6 is 0 Å². The number of nitrogens with two attached hydrogens (primary N) is 1. The van der Waals surface area contributed by atoms with Gasteiger partial charge in [-0.3, -0.25) is 4.90 Å². The summed E-state index contributed by atoms with van der Waals surface area (Å²) in [6, 6.07) is 4.90. The molecule has 4 heteroatoms. The number of rotatable bonds is 3. The highest BCUT2D eigenvalue weighted by Gasteiger charge is 2.22. The first-order valence-electron chi connectivity index (χ1n) is 6.49. The number of phenolic OH excluding ortho intramolecular Hbond substituents is 1. The van der Waals surface area contributed by atoms with Gasteiger partial charge in [-0.05, 0) is 50.9 Å². The molecule has 0 saturated heterocycles. The standard InChI is InChI=1S/C14H21FN2O/c1-17(13-5-3-12(16)4-6-13)9-10-8-11(15)2-7-14(10)18/h2,7-8,12-13,18H,3-6,9,16H2,1H3. The van der Waals surface area contributed by atoms with E-state index in [0.29, 0.717) is 24.2 Å². The predicted molar refractivity (Wildman–Crippen MR) is 69.8 cm³/mol. The number of aromatic hydroxyl groups is 1. The Labute approximate surface area is 107 Å². The van der Waals surface area contributed by atoms with Gasteiger partial charge in [-0.2, -0.15) is 0 Å². The maximum Gasteiger partial charge on any atom is 0.123 e. The third-order valence-corrected chi connectivity index (χ3v) is 3.83. The first-order valence-corrected chi connectivity index (χ1v) is 6.49. The van der Waals surface area contributed by atoms with Crippen LogP contribution in [0.1, 0.15) is 31.2 Å².